The summed E-state index contributed by atoms with van der Waals surface area (Å²) in [6.07, 6.45) is 5.55. The van der Waals surface area contributed by atoms with Crippen LogP contribution in [0.25, 0.3) is 10.9 Å². The van der Waals surface area contributed by atoms with Gasteiger partial charge in [0.05, 0.1) is 0 Å². The third-order valence-electron chi connectivity index (χ3n) is 3.44. The van der Waals surface area contributed by atoms with Crippen LogP contribution in [0.5, 0.6) is 0 Å². The highest BCUT2D eigenvalue weighted by atomic mass is 19.1. The Hall–Kier alpha value is -1.35. The maximum Gasteiger partial charge on any atom is 0.132 e. The van der Waals surface area contributed by atoms with Crippen LogP contribution in [-0.4, -0.2) is 18.1 Å². The minimum absolute atomic E-state index is 0.124. The molecule has 2 nitrogen and oxygen atoms in total. The summed E-state index contributed by atoms with van der Waals surface area (Å²) in [7, 11) is 0. The van der Waals surface area contributed by atoms with Gasteiger partial charge in [-0.05, 0) is 56.0 Å². The first kappa shape index (κ1) is 10.8. The fourth-order valence-electron chi connectivity index (χ4n) is 2.26. The van der Waals surface area contributed by atoms with Gasteiger partial charge in [-0.15, -0.1) is 0 Å². The van der Waals surface area contributed by atoms with Crippen molar-refractivity contribution in [2.24, 2.45) is 5.92 Å². The van der Waals surface area contributed by atoms with E-state index < -0.39 is 0 Å². The lowest BCUT2D eigenvalue weighted by atomic mass is 10.1. The number of fused-ring (bicyclic) bond motifs is 1. The molecule has 1 saturated carbocycles. The first-order chi connectivity index (χ1) is 8.34. The van der Waals surface area contributed by atoms with E-state index in [1.54, 1.807) is 6.07 Å². The van der Waals surface area contributed by atoms with Crippen molar-refractivity contribution in [2.45, 2.75) is 19.3 Å². The van der Waals surface area contributed by atoms with Gasteiger partial charge in [-0.3, -0.25) is 0 Å². The number of halogens is 1. The zero-order valence-electron chi connectivity index (χ0n) is 9.80. The van der Waals surface area contributed by atoms with Crippen LogP contribution in [0.4, 0.5) is 4.39 Å². The summed E-state index contributed by atoms with van der Waals surface area (Å²) in [6, 6.07) is 5.18. The fraction of sp³-hybridized carbons (Fsp3) is 0.429. The van der Waals surface area contributed by atoms with E-state index >= 15 is 0 Å². The molecule has 1 fully saturated rings. The third kappa shape index (κ3) is 2.34. The number of aromatic nitrogens is 1. The lowest BCUT2D eigenvalue weighted by molar-refractivity contribution is 0.630. The molecule has 1 aliphatic carbocycles. The largest absolute Gasteiger partial charge is 0.361 e. The number of benzene rings is 1. The number of nitrogens with one attached hydrogen (secondary N) is 2. The molecule has 0 saturated heterocycles. The van der Waals surface area contributed by atoms with Gasteiger partial charge in [-0.2, -0.15) is 0 Å². The standard InChI is InChI=1S/C14H17FN2/c15-12-2-1-3-13-14(12)11(9-17-13)6-7-16-8-10-4-5-10/h1-3,9-10,16-17H,4-8H2. The van der Waals surface area contributed by atoms with Crippen molar-refractivity contribution >= 4 is 10.9 Å². The van der Waals surface area contributed by atoms with Crippen molar-refractivity contribution in [3.63, 3.8) is 0 Å². The number of hydrogen-bond donors (Lipinski definition) is 2. The first-order valence-corrected chi connectivity index (χ1v) is 6.30. The van der Waals surface area contributed by atoms with Crippen molar-refractivity contribution in [2.75, 3.05) is 13.1 Å². The lowest BCUT2D eigenvalue weighted by Gasteiger charge is -2.03. The smallest absolute Gasteiger partial charge is 0.132 e. The van der Waals surface area contributed by atoms with Crippen LogP contribution in [0.15, 0.2) is 24.4 Å². The third-order valence-corrected chi connectivity index (χ3v) is 3.44. The average Bonchev–Trinajstić information content (AvgIpc) is 3.05. The Morgan fingerprint density at radius 2 is 2.24 bits per heavy atom. The monoisotopic (exact) mass is 232 g/mol. The summed E-state index contributed by atoms with van der Waals surface area (Å²) < 4.78 is 13.7. The molecule has 1 aromatic heterocycles. The Balaban J connectivity index is 1.67. The van der Waals surface area contributed by atoms with E-state index in [1.165, 1.54) is 18.9 Å². The maximum absolute atomic E-state index is 13.7. The number of hydrogen-bond acceptors (Lipinski definition) is 1. The maximum atomic E-state index is 13.7. The first-order valence-electron chi connectivity index (χ1n) is 6.30. The van der Waals surface area contributed by atoms with Crippen molar-refractivity contribution in [1.82, 2.24) is 10.3 Å². The van der Waals surface area contributed by atoms with E-state index in [-0.39, 0.29) is 5.82 Å². The molecule has 1 aliphatic rings. The van der Waals surface area contributed by atoms with Crippen LogP contribution in [0.2, 0.25) is 0 Å². The van der Waals surface area contributed by atoms with Crippen LogP contribution >= 0.6 is 0 Å². The molecule has 17 heavy (non-hydrogen) atoms. The molecule has 0 atom stereocenters. The molecule has 0 spiro atoms. The number of H-pyrrole nitrogens is 1. The Bertz CT molecular complexity index is 514. The van der Waals surface area contributed by atoms with E-state index in [9.17, 15) is 4.39 Å². The SMILES string of the molecule is Fc1cccc2[nH]cc(CCNCC3CC3)c12. The summed E-state index contributed by atoms with van der Waals surface area (Å²) in [5, 5.41) is 4.18. The van der Waals surface area contributed by atoms with Crippen LogP contribution in [0.1, 0.15) is 18.4 Å². The Labute approximate surface area is 100 Å². The van der Waals surface area contributed by atoms with Gasteiger partial charge in [0.25, 0.3) is 0 Å². The highest BCUT2D eigenvalue weighted by Crippen LogP contribution is 2.27. The van der Waals surface area contributed by atoms with Gasteiger partial charge < -0.3 is 10.3 Å². The Morgan fingerprint density at radius 3 is 3.06 bits per heavy atom. The quantitative estimate of drug-likeness (QED) is 0.762. The van der Waals surface area contributed by atoms with Crippen LogP contribution in [-0.2, 0) is 6.42 Å². The molecule has 2 N–H and O–H groups in total. The Morgan fingerprint density at radius 1 is 1.35 bits per heavy atom. The molecule has 0 aliphatic heterocycles. The molecule has 0 bridgehead atoms. The second-order valence-corrected chi connectivity index (χ2v) is 4.87. The van der Waals surface area contributed by atoms with Crippen LogP contribution < -0.4 is 5.32 Å². The van der Waals surface area contributed by atoms with Crippen molar-refractivity contribution < 1.29 is 4.39 Å². The van der Waals surface area contributed by atoms with Gasteiger partial charge in [0, 0.05) is 17.1 Å². The van der Waals surface area contributed by atoms with Gasteiger partial charge >= 0.3 is 0 Å². The minimum atomic E-state index is -0.124. The van der Waals surface area contributed by atoms with E-state index in [1.807, 2.05) is 12.3 Å². The lowest BCUT2D eigenvalue weighted by Crippen LogP contribution is -2.19. The highest BCUT2D eigenvalue weighted by molar-refractivity contribution is 5.83. The van der Waals surface area contributed by atoms with Gasteiger partial charge in [0.2, 0.25) is 0 Å². The molecule has 2 aromatic rings. The second kappa shape index (κ2) is 4.49. The van der Waals surface area contributed by atoms with Crippen molar-refractivity contribution in [1.29, 1.82) is 0 Å². The summed E-state index contributed by atoms with van der Waals surface area (Å²) in [5.74, 6) is 0.774. The van der Waals surface area contributed by atoms with E-state index in [0.29, 0.717) is 0 Å². The van der Waals surface area contributed by atoms with Crippen molar-refractivity contribution in [3.8, 4) is 0 Å². The molecule has 1 heterocycles. The van der Waals surface area contributed by atoms with Crippen molar-refractivity contribution in [3.05, 3.63) is 35.8 Å². The molecule has 3 heteroatoms. The molecular weight excluding hydrogens is 215 g/mol. The Kier molecular flexibility index (Phi) is 2.85. The van der Waals surface area contributed by atoms with Gasteiger partial charge in [-0.25, -0.2) is 4.39 Å². The molecule has 90 valence electrons. The van der Waals surface area contributed by atoms with Gasteiger partial charge in [-0.1, -0.05) is 6.07 Å². The average molecular weight is 232 g/mol. The number of rotatable bonds is 5. The zero-order valence-corrected chi connectivity index (χ0v) is 9.80. The summed E-state index contributed by atoms with van der Waals surface area (Å²) >= 11 is 0. The van der Waals surface area contributed by atoms with Gasteiger partial charge in [0.1, 0.15) is 5.82 Å². The fourth-order valence-corrected chi connectivity index (χ4v) is 2.26. The number of aromatic amines is 1. The molecule has 3 rings (SSSR count). The summed E-state index contributed by atoms with van der Waals surface area (Å²) in [4.78, 5) is 3.12. The molecule has 0 radical (unpaired) electrons. The second-order valence-electron chi connectivity index (χ2n) is 4.87. The summed E-state index contributed by atoms with van der Waals surface area (Å²) in [6.45, 7) is 2.04. The predicted molar refractivity (Wildman–Crippen MR) is 67.6 cm³/mol. The highest BCUT2D eigenvalue weighted by Gasteiger charge is 2.20. The van der Waals surface area contributed by atoms with E-state index in [2.05, 4.69) is 10.3 Å². The topological polar surface area (TPSA) is 27.8 Å². The normalized spacial score (nSPS) is 15.6. The van der Waals surface area contributed by atoms with E-state index in [0.717, 1.165) is 41.9 Å². The van der Waals surface area contributed by atoms with Gasteiger partial charge in [0.15, 0.2) is 0 Å². The zero-order chi connectivity index (χ0) is 11.7. The van der Waals surface area contributed by atoms with E-state index in [4.69, 9.17) is 0 Å². The molecule has 0 unspecified atom stereocenters. The molecule has 1 aromatic carbocycles. The summed E-state index contributed by atoms with van der Waals surface area (Å²) in [5.41, 5.74) is 1.96. The molecule has 0 amide bonds. The predicted octanol–water partition coefficient (Wildman–Crippen LogP) is 2.85. The molecular formula is C14H17FN2. The van der Waals surface area contributed by atoms with Crippen LogP contribution in [0.3, 0.4) is 0 Å². The minimum Gasteiger partial charge on any atom is -0.361 e. The van der Waals surface area contributed by atoms with Crippen LogP contribution in [0, 0.1) is 11.7 Å².